The summed E-state index contributed by atoms with van der Waals surface area (Å²) in [7, 11) is 0. The smallest absolute Gasteiger partial charge is 0.298 e. The molecule has 1 N–H and O–H groups in total. The van der Waals surface area contributed by atoms with Crippen LogP contribution in [0.3, 0.4) is 0 Å². The molecular formula is C14H18N4O3. The summed E-state index contributed by atoms with van der Waals surface area (Å²) >= 11 is 0. The van der Waals surface area contributed by atoms with Gasteiger partial charge in [0.05, 0.1) is 4.92 Å². The number of hydrogen-bond acceptors (Lipinski definition) is 6. The molecule has 1 fully saturated rings. The van der Waals surface area contributed by atoms with Crippen LogP contribution < -0.4 is 10.2 Å². The van der Waals surface area contributed by atoms with E-state index in [0.717, 1.165) is 32.5 Å². The Bertz CT molecular complexity index is 649. The fourth-order valence-corrected chi connectivity index (χ4v) is 2.79. The lowest BCUT2D eigenvalue weighted by Gasteiger charge is -2.32. The van der Waals surface area contributed by atoms with Crippen molar-refractivity contribution in [2.75, 3.05) is 24.5 Å². The van der Waals surface area contributed by atoms with Crippen LogP contribution in [0, 0.1) is 10.1 Å². The number of benzene rings is 1. The van der Waals surface area contributed by atoms with Gasteiger partial charge in [-0.15, -0.1) is 0 Å². The second-order valence-electron chi connectivity index (χ2n) is 5.19. The van der Waals surface area contributed by atoms with Gasteiger partial charge in [-0.25, -0.2) is 0 Å². The van der Waals surface area contributed by atoms with Crippen LogP contribution in [-0.4, -0.2) is 35.6 Å². The van der Waals surface area contributed by atoms with Crippen LogP contribution in [0.15, 0.2) is 22.6 Å². The highest BCUT2D eigenvalue weighted by Gasteiger charge is 2.24. The Hall–Kier alpha value is -2.15. The fraction of sp³-hybridized carbons (Fsp3) is 0.500. The van der Waals surface area contributed by atoms with E-state index in [9.17, 15) is 10.1 Å². The quantitative estimate of drug-likeness (QED) is 0.687. The Labute approximate surface area is 122 Å². The maximum Gasteiger partial charge on any atom is 0.298 e. The third-order valence-corrected chi connectivity index (χ3v) is 3.87. The average molecular weight is 290 g/mol. The van der Waals surface area contributed by atoms with Crippen molar-refractivity contribution in [3.05, 3.63) is 28.3 Å². The summed E-state index contributed by atoms with van der Waals surface area (Å²) in [6, 6.07) is 5.40. The lowest BCUT2D eigenvalue weighted by atomic mass is 10.1. The Morgan fingerprint density at radius 3 is 3.10 bits per heavy atom. The van der Waals surface area contributed by atoms with Crippen molar-refractivity contribution in [3.8, 4) is 0 Å². The predicted molar refractivity (Wildman–Crippen MR) is 79.6 cm³/mol. The topological polar surface area (TPSA) is 84.4 Å². The largest absolute Gasteiger partial charge is 0.423 e. The van der Waals surface area contributed by atoms with Gasteiger partial charge < -0.3 is 14.6 Å². The third kappa shape index (κ3) is 2.69. The van der Waals surface area contributed by atoms with Crippen LogP contribution in [0.2, 0.25) is 0 Å². The first kappa shape index (κ1) is 13.8. The molecule has 0 amide bonds. The Morgan fingerprint density at radius 2 is 2.43 bits per heavy atom. The van der Waals surface area contributed by atoms with Crippen molar-refractivity contribution in [3.63, 3.8) is 0 Å². The van der Waals surface area contributed by atoms with E-state index >= 15 is 0 Å². The van der Waals surface area contributed by atoms with E-state index in [4.69, 9.17) is 4.42 Å². The summed E-state index contributed by atoms with van der Waals surface area (Å²) in [5, 5.41) is 14.2. The summed E-state index contributed by atoms with van der Waals surface area (Å²) in [6.45, 7) is 4.81. The highest BCUT2D eigenvalue weighted by Crippen LogP contribution is 2.27. The number of anilines is 1. The summed E-state index contributed by atoms with van der Waals surface area (Å²) < 4.78 is 5.77. The van der Waals surface area contributed by atoms with E-state index in [1.807, 2.05) is 0 Å². The molecule has 0 aliphatic carbocycles. The zero-order valence-corrected chi connectivity index (χ0v) is 11.9. The monoisotopic (exact) mass is 290 g/mol. The zero-order chi connectivity index (χ0) is 14.8. The van der Waals surface area contributed by atoms with E-state index in [-0.39, 0.29) is 5.69 Å². The molecule has 3 rings (SSSR count). The molecule has 0 bridgehead atoms. The van der Waals surface area contributed by atoms with Gasteiger partial charge in [0, 0.05) is 31.3 Å². The fourth-order valence-electron chi connectivity index (χ4n) is 2.79. The lowest BCUT2D eigenvalue weighted by Crippen LogP contribution is -2.46. The Morgan fingerprint density at radius 1 is 1.57 bits per heavy atom. The number of nitrogens with one attached hydrogen (secondary N) is 1. The molecule has 1 unspecified atom stereocenters. The number of hydrogen-bond donors (Lipinski definition) is 1. The van der Waals surface area contributed by atoms with Crippen molar-refractivity contribution < 1.29 is 9.34 Å². The van der Waals surface area contributed by atoms with Gasteiger partial charge in [0.2, 0.25) is 0 Å². The van der Waals surface area contributed by atoms with Crippen LogP contribution in [0.5, 0.6) is 0 Å². The molecule has 7 heteroatoms. The van der Waals surface area contributed by atoms with E-state index in [0.29, 0.717) is 23.2 Å². The number of non-ortho nitro benzene ring substituents is 1. The second kappa shape index (κ2) is 5.69. The van der Waals surface area contributed by atoms with Crippen LogP contribution in [0.4, 0.5) is 11.7 Å². The minimum atomic E-state index is -0.420. The van der Waals surface area contributed by atoms with Gasteiger partial charge >= 0.3 is 0 Å². The van der Waals surface area contributed by atoms with Crippen LogP contribution in [-0.2, 0) is 0 Å². The number of piperidine rings is 1. The van der Waals surface area contributed by atoms with E-state index in [1.54, 1.807) is 6.07 Å². The molecule has 2 aromatic rings. The summed E-state index contributed by atoms with van der Waals surface area (Å²) in [5.41, 5.74) is 1.14. The van der Waals surface area contributed by atoms with Crippen molar-refractivity contribution in [1.82, 2.24) is 10.3 Å². The first-order valence-electron chi connectivity index (χ1n) is 7.21. The van der Waals surface area contributed by atoms with Gasteiger partial charge in [0.15, 0.2) is 5.58 Å². The molecular weight excluding hydrogens is 272 g/mol. The molecule has 1 aliphatic heterocycles. The third-order valence-electron chi connectivity index (χ3n) is 3.87. The van der Waals surface area contributed by atoms with Crippen LogP contribution in [0.1, 0.15) is 19.8 Å². The van der Waals surface area contributed by atoms with Crippen molar-refractivity contribution in [2.24, 2.45) is 0 Å². The predicted octanol–water partition coefficient (Wildman–Crippen LogP) is 2.31. The van der Waals surface area contributed by atoms with Crippen molar-refractivity contribution >= 4 is 22.8 Å². The van der Waals surface area contributed by atoms with Gasteiger partial charge in [-0.2, -0.15) is 4.98 Å². The van der Waals surface area contributed by atoms with Gasteiger partial charge in [0.25, 0.3) is 11.7 Å². The summed E-state index contributed by atoms with van der Waals surface area (Å²) in [4.78, 5) is 16.9. The van der Waals surface area contributed by atoms with Crippen molar-refractivity contribution in [2.45, 2.75) is 25.8 Å². The molecule has 1 atom stereocenters. The number of oxazole rings is 1. The van der Waals surface area contributed by atoms with E-state index < -0.39 is 4.92 Å². The number of rotatable bonds is 4. The standard InChI is InChI=1S/C14H18N4O3/c1-2-17(11-4-3-7-15-9-11)14-16-12-8-10(18(19)20)5-6-13(12)21-14/h5-6,8,11,15H,2-4,7,9H2,1H3. The van der Waals surface area contributed by atoms with Gasteiger partial charge in [0.1, 0.15) is 5.52 Å². The molecule has 1 aliphatic rings. The SMILES string of the molecule is CCN(c1nc2cc([N+](=O)[O-])ccc2o1)C1CCCNC1. The molecule has 0 saturated carbocycles. The van der Waals surface area contributed by atoms with Gasteiger partial charge in [-0.05, 0) is 32.4 Å². The molecule has 7 nitrogen and oxygen atoms in total. The molecule has 1 aromatic carbocycles. The minimum absolute atomic E-state index is 0.0322. The lowest BCUT2D eigenvalue weighted by molar-refractivity contribution is -0.384. The minimum Gasteiger partial charge on any atom is -0.423 e. The first-order chi connectivity index (χ1) is 10.2. The number of nitro benzene ring substituents is 1. The number of fused-ring (bicyclic) bond motifs is 1. The highest BCUT2D eigenvalue weighted by molar-refractivity contribution is 5.77. The molecule has 0 spiro atoms. The molecule has 1 aromatic heterocycles. The van der Waals surface area contributed by atoms with E-state index in [1.165, 1.54) is 12.1 Å². The summed E-state index contributed by atoms with van der Waals surface area (Å²) in [6.07, 6.45) is 2.23. The summed E-state index contributed by atoms with van der Waals surface area (Å²) in [5.74, 6) is 0. The average Bonchev–Trinajstić information content (AvgIpc) is 2.91. The zero-order valence-electron chi connectivity index (χ0n) is 11.9. The second-order valence-corrected chi connectivity index (χ2v) is 5.19. The maximum atomic E-state index is 10.8. The molecule has 21 heavy (non-hydrogen) atoms. The highest BCUT2D eigenvalue weighted by atomic mass is 16.6. The van der Waals surface area contributed by atoms with Gasteiger partial charge in [-0.3, -0.25) is 10.1 Å². The van der Waals surface area contributed by atoms with Crippen LogP contribution >= 0.6 is 0 Å². The van der Waals surface area contributed by atoms with Crippen LogP contribution in [0.25, 0.3) is 11.1 Å². The first-order valence-corrected chi connectivity index (χ1v) is 7.21. The molecule has 2 heterocycles. The number of nitro groups is 1. The normalized spacial score (nSPS) is 18.8. The number of likely N-dealkylation sites (N-methyl/N-ethyl adjacent to an activating group) is 1. The van der Waals surface area contributed by atoms with Crippen molar-refractivity contribution in [1.29, 1.82) is 0 Å². The van der Waals surface area contributed by atoms with E-state index in [2.05, 4.69) is 22.1 Å². The Kier molecular flexibility index (Phi) is 3.74. The van der Waals surface area contributed by atoms with Gasteiger partial charge in [-0.1, -0.05) is 0 Å². The Balaban J connectivity index is 1.92. The number of aromatic nitrogens is 1. The maximum absolute atomic E-state index is 10.8. The molecule has 0 radical (unpaired) electrons. The molecule has 1 saturated heterocycles. The number of nitrogens with zero attached hydrogens (tertiary/aromatic N) is 3. The molecule has 112 valence electrons.